The van der Waals surface area contributed by atoms with Crippen LogP contribution in [0.25, 0.3) is 10.8 Å². The molecule has 2 amide bonds. The van der Waals surface area contributed by atoms with Gasteiger partial charge in [-0.2, -0.15) is 0 Å². The van der Waals surface area contributed by atoms with Crippen LogP contribution in [-0.2, 0) is 11.2 Å². The van der Waals surface area contributed by atoms with Gasteiger partial charge >= 0.3 is 0 Å². The minimum Gasteiger partial charge on any atom is -0.462 e. The van der Waals surface area contributed by atoms with Gasteiger partial charge in [0.25, 0.3) is 5.91 Å². The highest BCUT2D eigenvalue weighted by atomic mass is 32.1. The van der Waals surface area contributed by atoms with Gasteiger partial charge in [-0.25, -0.2) is 4.98 Å². The molecule has 2 heterocycles. The summed E-state index contributed by atoms with van der Waals surface area (Å²) in [6, 6.07) is 10.9. The van der Waals surface area contributed by atoms with Crippen molar-refractivity contribution in [2.75, 3.05) is 5.32 Å². The van der Waals surface area contributed by atoms with Gasteiger partial charge in [0.15, 0.2) is 10.8 Å². The summed E-state index contributed by atoms with van der Waals surface area (Å²) in [5, 5.41) is 8.33. The Balaban J connectivity index is 1.43. The molecule has 0 bridgehead atoms. The Bertz CT molecular complexity index is 929. The van der Waals surface area contributed by atoms with Gasteiger partial charge in [0.05, 0.1) is 29.6 Å². The highest BCUT2D eigenvalue weighted by Crippen LogP contribution is 2.25. The monoisotopic (exact) mass is 367 g/mol. The lowest BCUT2D eigenvalue weighted by Crippen LogP contribution is -2.27. The summed E-state index contributed by atoms with van der Waals surface area (Å²) in [5.74, 6) is 0.314. The number of rotatable bonds is 6. The van der Waals surface area contributed by atoms with E-state index in [1.165, 1.54) is 11.3 Å². The van der Waals surface area contributed by atoms with Crippen LogP contribution in [0, 0.1) is 0 Å². The highest BCUT2D eigenvalue weighted by molar-refractivity contribution is 7.13. The summed E-state index contributed by atoms with van der Waals surface area (Å²) in [6.07, 6.45) is 3.76. The molecular formula is C19H17N3O3S. The first-order chi connectivity index (χ1) is 12.7. The Morgan fingerprint density at radius 3 is 2.81 bits per heavy atom. The quantitative estimate of drug-likeness (QED) is 0.699. The van der Waals surface area contributed by atoms with E-state index in [0.29, 0.717) is 22.7 Å². The van der Waals surface area contributed by atoms with Crippen molar-refractivity contribution >= 4 is 28.8 Å². The molecule has 7 heteroatoms. The fraction of sp³-hybridized carbons (Fsp3) is 0.211. The van der Waals surface area contributed by atoms with Crippen molar-refractivity contribution in [2.24, 2.45) is 0 Å². The summed E-state index contributed by atoms with van der Waals surface area (Å²) >= 11 is 1.43. The van der Waals surface area contributed by atoms with Crippen LogP contribution in [0.2, 0.25) is 0 Å². The molecule has 0 atom stereocenters. The van der Waals surface area contributed by atoms with Crippen molar-refractivity contribution in [1.29, 1.82) is 0 Å². The summed E-state index contributed by atoms with van der Waals surface area (Å²) < 4.78 is 5.32. The molecule has 0 aliphatic heterocycles. The molecule has 0 unspecified atom stereocenters. The largest absolute Gasteiger partial charge is 0.462 e. The van der Waals surface area contributed by atoms with Gasteiger partial charge < -0.3 is 15.1 Å². The molecule has 0 radical (unpaired) electrons. The second-order valence-electron chi connectivity index (χ2n) is 6.14. The predicted octanol–water partition coefficient (Wildman–Crippen LogP) is 3.48. The fourth-order valence-electron chi connectivity index (χ4n) is 2.54. The zero-order chi connectivity index (χ0) is 17.9. The van der Waals surface area contributed by atoms with Crippen molar-refractivity contribution < 1.29 is 14.0 Å². The number of hydrogen-bond donors (Lipinski definition) is 2. The maximum Gasteiger partial charge on any atom is 0.253 e. The maximum absolute atomic E-state index is 12.4. The van der Waals surface area contributed by atoms with Gasteiger partial charge in [0, 0.05) is 11.4 Å². The second kappa shape index (κ2) is 7.13. The predicted molar refractivity (Wildman–Crippen MR) is 99.1 cm³/mol. The lowest BCUT2D eigenvalue weighted by atomic mass is 10.1. The van der Waals surface area contributed by atoms with Crippen LogP contribution in [0.1, 0.15) is 28.9 Å². The van der Waals surface area contributed by atoms with Crippen LogP contribution in [0.5, 0.6) is 0 Å². The average Bonchev–Trinajstić information content (AvgIpc) is 3.10. The van der Waals surface area contributed by atoms with E-state index < -0.39 is 0 Å². The molecule has 1 aromatic carbocycles. The smallest absolute Gasteiger partial charge is 0.253 e. The molecule has 2 N–H and O–H groups in total. The van der Waals surface area contributed by atoms with Crippen molar-refractivity contribution in [3.05, 3.63) is 59.3 Å². The van der Waals surface area contributed by atoms with Gasteiger partial charge in [0.2, 0.25) is 5.91 Å². The molecular weight excluding hydrogens is 350 g/mol. The lowest BCUT2D eigenvalue weighted by molar-refractivity contribution is -0.115. The van der Waals surface area contributed by atoms with Gasteiger partial charge in [-0.15, -0.1) is 11.3 Å². The van der Waals surface area contributed by atoms with Crippen molar-refractivity contribution in [3.63, 3.8) is 0 Å². The molecule has 4 rings (SSSR count). The van der Waals surface area contributed by atoms with Gasteiger partial charge in [-0.1, -0.05) is 12.1 Å². The third-order valence-electron chi connectivity index (χ3n) is 3.98. The average molecular weight is 367 g/mol. The van der Waals surface area contributed by atoms with Crippen LogP contribution >= 0.6 is 11.3 Å². The Hall–Kier alpha value is -2.93. The van der Waals surface area contributed by atoms with Crippen LogP contribution in [0.15, 0.2) is 52.5 Å². The number of carbonyl (C=O) groups excluding carboxylic acids is 2. The third-order valence-corrected chi connectivity index (χ3v) is 4.89. The number of hydrogen-bond acceptors (Lipinski definition) is 5. The standard InChI is InChI=1S/C19H17N3O3S/c23-17(10-13-11-26-19(21-13)16-6-3-9-25-16)22-15-5-2-1-4-14(15)18(24)20-12-7-8-12/h1-6,9,11-12H,7-8,10H2,(H,20,24)(H,22,23). The van der Waals surface area contributed by atoms with E-state index >= 15 is 0 Å². The van der Waals surface area contributed by atoms with Crippen LogP contribution in [-0.4, -0.2) is 22.8 Å². The first-order valence-corrected chi connectivity index (χ1v) is 9.25. The van der Waals surface area contributed by atoms with Crippen molar-refractivity contribution in [3.8, 4) is 10.8 Å². The molecule has 26 heavy (non-hydrogen) atoms. The SMILES string of the molecule is O=C(Cc1csc(-c2ccco2)n1)Nc1ccccc1C(=O)NC1CC1. The Morgan fingerprint density at radius 2 is 2.04 bits per heavy atom. The van der Waals surface area contributed by atoms with Gasteiger partial charge in [0.1, 0.15) is 0 Å². The molecule has 0 spiro atoms. The number of carbonyl (C=O) groups is 2. The number of aromatic nitrogens is 1. The lowest BCUT2D eigenvalue weighted by Gasteiger charge is -2.10. The highest BCUT2D eigenvalue weighted by Gasteiger charge is 2.25. The number of para-hydroxylation sites is 1. The van der Waals surface area contributed by atoms with E-state index in [1.807, 2.05) is 11.4 Å². The number of nitrogens with one attached hydrogen (secondary N) is 2. The molecule has 0 saturated heterocycles. The van der Waals surface area contributed by atoms with E-state index in [1.54, 1.807) is 36.6 Å². The third kappa shape index (κ3) is 3.83. The summed E-state index contributed by atoms with van der Waals surface area (Å²) in [6.45, 7) is 0. The fourth-order valence-corrected chi connectivity index (χ4v) is 3.33. The van der Waals surface area contributed by atoms with Crippen LogP contribution in [0.3, 0.4) is 0 Å². The van der Waals surface area contributed by atoms with E-state index in [-0.39, 0.29) is 24.3 Å². The normalized spacial score (nSPS) is 13.4. The van der Waals surface area contributed by atoms with Crippen molar-refractivity contribution in [2.45, 2.75) is 25.3 Å². The summed E-state index contributed by atoms with van der Waals surface area (Å²) in [4.78, 5) is 29.1. The Labute approximate surface area is 154 Å². The number of amides is 2. The minimum atomic E-state index is -0.215. The summed E-state index contributed by atoms with van der Waals surface area (Å²) in [5.41, 5.74) is 1.65. The van der Waals surface area contributed by atoms with Gasteiger partial charge in [-0.3, -0.25) is 9.59 Å². The summed E-state index contributed by atoms with van der Waals surface area (Å²) in [7, 11) is 0. The zero-order valence-electron chi connectivity index (χ0n) is 13.9. The van der Waals surface area contributed by atoms with Gasteiger partial charge in [-0.05, 0) is 37.1 Å². The molecule has 3 aromatic rings. The molecule has 1 aliphatic carbocycles. The first kappa shape index (κ1) is 16.5. The Kier molecular flexibility index (Phi) is 4.53. The number of benzene rings is 1. The molecule has 132 valence electrons. The first-order valence-electron chi connectivity index (χ1n) is 8.37. The maximum atomic E-state index is 12.4. The van der Waals surface area contributed by atoms with E-state index in [4.69, 9.17) is 4.42 Å². The minimum absolute atomic E-state index is 0.135. The molecule has 1 saturated carbocycles. The second-order valence-corrected chi connectivity index (χ2v) is 7.00. The number of furan rings is 1. The van der Waals surface area contributed by atoms with E-state index in [0.717, 1.165) is 17.8 Å². The van der Waals surface area contributed by atoms with Crippen LogP contribution in [0.4, 0.5) is 5.69 Å². The number of nitrogens with zero attached hydrogens (tertiary/aromatic N) is 1. The molecule has 6 nitrogen and oxygen atoms in total. The Morgan fingerprint density at radius 1 is 1.19 bits per heavy atom. The van der Waals surface area contributed by atoms with Crippen LogP contribution < -0.4 is 10.6 Å². The van der Waals surface area contributed by atoms with Crippen molar-refractivity contribution in [1.82, 2.24) is 10.3 Å². The number of thiazole rings is 1. The molecule has 1 aliphatic rings. The molecule has 2 aromatic heterocycles. The topological polar surface area (TPSA) is 84.2 Å². The molecule has 1 fully saturated rings. The van der Waals surface area contributed by atoms with E-state index in [2.05, 4.69) is 15.6 Å². The zero-order valence-corrected chi connectivity index (χ0v) is 14.7. The van der Waals surface area contributed by atoms with E-state index in [9.17, 15) is 9.59 Å². The number of anilines is 1.